The molecule has 0 unspecified atom stereocenters. The van der Waals surface area contributed by atoms with Gasteiger partial charge in [-0.1, -0.05) is 90.4 Å². The Morgan fingerprint density at radius 1 is 0.667 bits per heavy atom. The highest BCUT2D eigenvalue weighted by Gasteiger charge is 2.15. The summed E-state index contributed by atoms with van der Waals surface area (Å²) in [6.07, 6.45) is 18.4. The number of rotatable bonds is 22. The summed E-state index contributed by atoms with van der Waals surface area (Å²) >= 11 is 0. The maximum atomic E-state index is 12.6. The van der Waals surface area contributed by atoms with Crippen LogP contribution in [0.15, 0.2) is 42.5 Å². The molecule has 0 aromatic heterocycles. The number of unbranched alkanes of at least 4 members (excludes halogenated alkanes) is 13. The Morgan fingerprint density at radius 3 is 1.74 bits per heavy atom. The molecular formula is C33H49NO5. The van der Waals surface area contributed by atoms with Crippen LogP contribution in [0.1, 0.15) is 114 Å². The molecule has 0 heterocycles. The van der Waals surface area contributed by atoms with Crippen molar-refractivity contribution in [3.05, 3.63) is 48.0 Å². The summed E-state index contributed by atoms with van der Waals surface area (Å²) in [6.45, 7) is 2.95. The Bertz CT molecular complexity index is 957. The molecule has 0 saturated heterocycles. The van der Waals surface area contributed by atoms with Gasteiger partial charge in [-0.3, -0.25) is 9.59 Å². The summed E-state index contributed by atoms with van der Waals surface area (Å²) in [5, 5.41) is 2.73. The van der Waals surface area contributed by atoms with E-state index in [1.807, 2.05) is 0 Å². The first-order chi connectivity index (χ1) is 19.1. The summed E-state index contributed by atoms with van der Waals surface area (Å²) in [5.74, 6) is 1.16. The molecule has 2 aromatic rings. The van der Waals surface area contributed by atoms with Crippen molar-refractivity contribution in [3.63, 3.8) is 0 Å². The third kappa shape index (κ3) is 13.6. The minimum atomic E-state index is -0.412. The van der Waals surface area contributed by atoms with Gasteiger partial charge in [0.05, 0.1) is 32.9 Å². The lowest BCUT2D eigenvalue weighted by Gasteiger charge is -2.11. The second-order valence-electron chi connectivity index (χ2n) is 10.2. The number of hydrogen-bond acceptors (Lipinski definition) is 5. The van der Waals surface area contributed by atoms with Crippen molar-refractivity contribution in [2.75, 3.05) is 26.1 Å². The third-order valence-electron chi connectivity index (χ3n) is 6.94. The first-order valence-corrected chi connectivity index (χ1v) is 14.8. The van der Waals surface area contributed by atoms with E-state index in [2.05, 4.69) is 12.2 Å². The molecule has 6 nitrogen and oxygen atoms in total. The minimum Gasteiger partial charge on any atom is -0.497 e. The molecule has 0 aliphatic carbocycles. The highest BCUT2D eigenvalue weighted by atomic mass is 16.5. The smallest absolute Gasteiger partial charge is 0.232 e. The Balaban J connectivity index is 1.55. The lowest BCUT2D eigenvalue weighted by molar-refractivity contribution is -0.115. The molecule has 39 heavy (non-hydrogen) atoms. The molecule has 2 aromatic carbocycles. The van der Waals surface area contributed by atoms with E-state index in [0.717, 1.165) is 12.2 Å². The van der Waals surface area contributed by atoms with Crippen molar-refractivity contribution >= 4 is 17.4 Å². The van der Waals surface area contributed by atoms with E-state index < -0.39 is 5.91 Å². The normalized spacial score (nSPS) is 10.7. The van der Waals surface area contributed by atoms with Gasteiger partial charge in [0.1, 0.15) is 17.2 Å². The van der Waals surface area contributed by atoms with Crippen LogP contribution >= 0.6 is 0 Å². The zero-order valence-corrected chi connectivity index (χ0v) is 24.4. The average molecular weight is 540 g/mol. The van der Waals surface area contributed by atoms with Crippen LogP contribution in [0.4, 0.5) is 5.69 Å². The molecule has 0 saturated carbocycles. The van der Waals surface area contributed by atoms with Gasteiger partial charge in [-0.15, -0.1) is 0 Å². The van der Waals surface area contributed by atoms with Crippen molar-refractivity contribution in [2.24, 2.45) is 0 Å². The Kier molecular flexibility index (Phi) is 16.5. The Labute approximate surface area is 235 Å². The highest BCUT2D eigenvalue weighted by molar-refractivity contribution is 6.11. The number of nitrogens with one attached hydrogen (secondary N) is 1. The topological polar surface area (TPSA) is 73.9 Å². The highest BCUT2D eigenvalue weighted by Crippen LogP contribution is 2.29. The van der Waals surface area contributed by atoms with E-state index in [9.17, 15) is 9.59 Å². The number of carbonyl (C=O) groups is 2. The minimum absolute atomic E-state index is 0.257. The van der Waals surface area contributed by atoms with Crippen molar-refractivity contribution < 1.29 is 23.8 Å². The van der Waals surface area contributed by atoms with E-state index >= 15 is 0 Å². The molecule has 0 fully saturated rings. The molecule has 0 atom stereocenters. The molecule has 0 spiro atoms. The number of carbonyl (C=O) groups excluding carboxylic acids is 2. The average Bonchev–Trinajstić information content (AvgIpc) is 2.95. The Hall–Kier alpha value is -3.02. The number of methoxy groups -OCH3 is 2. The molecule has 1 amide bonds. The molecule has 216 valence electrons. The van der Waals surface area contributed by atoms with Crippen LogP contribution in [0.5, 0.6) is 17.2 Å². The van der Waals surface area contributed by atoms with Gasteiger partial charge in [0.2, 0.25) is 5.91 Å². The number of Topliss-reactive ketones (excluding diaryl/α,β-unsaturated/α-hetero) is 1. The van der Waals surface area contributed by atoms with Gasteiger partial charge >= 0.3 is 0 Å². The van der Waals surface area contributed by atoms with Gasteiger partial charge < -0.3 is 19.5 Å². The number of hydrogen-bond donors (Lipinski definition) is 1. The zero-order valence-electron chi connectivity index (χ0n) is 24.4. The molecule has 0 aliphatic rings. The fourth-order valence-electron chi connectivity index (χ4n) is 4.58. The van der Waals surface area contributed by atoms with Crippen LogP contribution < -0.4 is 19.5 Å². The van der Waals surface area contributed by atoms with Crippen molar-refractivity contribution in [1.82, 2.24) is 0 Å². The summed E-state index contributed by atoms with van der Waals surface area (Å²) in [5.41, 5.74) is 0.938. The predicted octanol–water partition coefficient (Wildman–Crippen LogP) is 8.78. The molecule has 2 rings (SSSR count). The summed E-state index contributed by atoms with van der Waals surface area (Å²) in [4.78, 5) is 25.0. The number of ether oxygens (including phenoxy) is 3. The molecule has 6 heteroatoms. The van der Waals surface area contributed by atoms with Crippen molar-refractivity contribution in [3.8, 4) is 17.2 Å². The Morgan fingerprint density at radius 2 is 1.21 bits per heavy atom. The van der Waals surface area contributed by atoms with Gasteiger partial charge in [0.25, 0.3) is 0 Å². The standard InChI is InChI=1S/C33H49NO5/c1-4-5-6-7-8-9-10-11-12-13-14-15-16-17-24-39-28-20-18-27(19-21-28)31(35)26-33(36)34-30-25-29(37-2)22-23-32(30)38-3/h18-23,25H,4-17,24,26H2,1-3H3,(H,34,36). The van der Waals surface area contributed by atoms with Crippen LogP contribution in [0.25, 0.3) is 0 Å². The lowest BCUT2D eigenvalue weighted by atomic mass is 10.0. The number of ketones is 1. The number of amides is 1. The first-order valence-electron chi connectivity index (χ1n) is 14.8. The van der Waals surface area contributed by atoms with Gasteiger partial charge in [0, 0.05) is 11.6 Å². The van der Waals surface area contributed by atoms with E-state index in [1.54, 1.807) is 49.6 Å². The molecular weight excluding hydrogens is 490 g/mol. The quantitative estimate of drug-likeness (QED) is 0.0919. The number of anilines is 1. The van der Waals surface area contributed by atoms with Crippen LogP contribution in [0, 0.1) is 0 Å². The van der Waals surface area contributed by atoms with Gasteiger partial charge in [0.15, 0.2) is 5.78 Å². The SMILES string of the molecule is CCCCCCCCCCCCCCCCOc1ccc(C(=O)CC(=O)Nc2cc(OC)ccc2OC)cc1. The summed E-state index contributed by atoms with van der Waals surface area (Å²) in [6, 6.07) is 12.1. The van der Waals surface area contributed by atoms with E-state index in [-0.39, 0.29) is 12.2 Å². The van der Waals surface area contributed by atoms with Crippen LogP contribution in [-0.4, -0.2) is 32.5 Å². The van der Waals surface area contributed by atoms with Crippen molar-refractivity contribution in [2.45, 2.75) is 103 Å². The van der Waals surface area contributed by atoms with Gasteiger partial charge in [-0.25, -0.2) is 0 Å². The largest absolute Gasteiger partial charge is 0.497 e. The van der Waals surface area contributed by atoms with E-state index in [1.165, 1.54) is 90.6 Å². The molecule has 0 aliphatic heterocycles. The first kappa shape index (κ1) is 32.2. The number of benzene rings is 2. The van der Waals surface area contributed by atoms with E-state index in [4.69, 9.17) is 14.2 Å². The van der Waals surface area contributed by atoms with Crippen LogP contribution in [0.3, 0.4) is 0 Å². The maximum absolute atomic E-state index is 12.6. The monoisotopic (exact) mass is 539 g/mol. The molecule has 0 radical (unpaired) electrons. The second-order valence-corrected chi connectivity index (χ2v) is 10.2. The lowest BCUT2D eigenvalue weighted by Crippen LogP contribution is -2.17. The van der Waals surface area contributed by atoms with Gasteiger partial charge in [-0.2, -0.15) is 0 Å². The third-order valence-corrected chi connectivity index (χ3v) is 6.94. The fraction of sp³-hybridized carbons (Fsp3) is 0.576. The van der Waals surface area contributed by atoms with Crippen molar-refractivity contribution in [1.29, 1.82) is 0 Å². The molecule has 0 bridgehead atoms. The van der Waals surface area contributed by atoms with Crippen LogP contribution in [0.2, 0.25) is 0 Å². The zero-order chi connectivity index (χ0) is 28.1. The second kappa shape index (κ2) is 20.0. The fourth-order valence-corrected chi connectivity index (χ4v) is 4.58. The predicted molar refractivity (Wildman–Crippen MR) is 159 cm³/mol. The van der Waals surface area contributed by atoms with Gasteiger partial charge in [-0.05, 0) is 42.8 Å². The summed E-state index contributed by atoms with van der Waals surface area (Å²) < 4.78 is 16.3. The van der Waals surface area contributed by atoms with E-state index in [0.29, 0.717) is 29.4 Å². The molecule has 1 N–H and O–H groups in total. The summed E-state index contributed by atoms with van der Waals surface area (Å²) in [7, 11) is 3.07. The maximum Gasteiger partial charge on any atom is 0.232 e. The van der Waals surface area contributed by atoms with Crippen LogP contribution in [-0.2, 0) is 4.79 Å².